The molecule has 1 aromatic rings. The van der Waals surface area contributed by atoms with Gasteiger partial charge in [-0.3, -0.25) is 4.79 Å². The van der Waals surface area contributed by atoms with Crippen LogP contribution in [0, 0.1) is 5.92 Å². The second kappa shape index (κ2) is 5.98. The first kappa shape index (κ1) is 13.2. The fourth-order valence-electron chi connectivity index (χ4n) is 1.32. The highest BCUT2D eigenvalue weighted by Crippen LogP contribution is 2.28. The molecule has 0 aliphatic heterocycles. The van der Waals surface area contributed by atoms with E-state index < -0.39 is 0 Å². The van der Waals surface area contributed by atoms with Crippen LogP contribution in [0.15, 0.2) is 18.2 Å². The van der Waals surface area contributed by atoms with Gasteiger partial charge < -0.3 is 20.5 Å². The molecule has 1 atom stereocenters. The molecule has 5 nitrogen and oxygen atoms in total. The van der Waals surface area contributed by atoms with Crippen LogP contribution < -0.4 is 20.5 Å². The predicted octanol–water partition coefficient (Wildman–Crippen LogP) is 1.24. The van der Waals surface area contributed by atoms with E-state index in [0.29, 0.717) is 12.3 Å². The Morgan fingerprint density at radius 1 is 1.41 bits per heavy atom. The highest BCUT2D eigenvalue weighted by atomic mass is 16.5. The lowest BCUT2D eigenvalue weighted by Crippen LogP contribution is -2.26. The Bertz CT molecular complexity index is 393. The summed E-state index contributed by atoms with van der Waals surface area (Å²) in [5, 5.41) is 3.11. The number of amides is 1. The Balaban J connectivity index is 2.77. The van der Waals surface area contributed by atoms with Crippen molar-refractivity contribution >= 4 is 11.6 Å². The molecule has 0 saturated heterocycles. The molecule has 0 spiro atoms. The maximum absolute atomic E-state index is 10.9. The number of methoxy groups -OCH3 is 2. The van der Waals surface area contributed by atoms with Crippen molar-refractivity contribution in [3.63, 3.8) is 0 Å². The van der Waals surface area contributed by atoms with Crippen molar-refractivity contribution in [3.05, 3.63) is 18.2 Å². The molecular weight excluding hydrogens is 220 g/mol. The Morgan fingerprint density at radius 3 is 2.65 bits per heavy atom. The van der Waals surface area contributed by atoms with Gasteiger partial charge in [-0.05, 0) is 12.1 Å². The average Bonchev–Trinajstić information content (AvgIpc) is 2.35. The second-order valence-electron chi connectivity index (χ2n) is 3.75. The fraction of sp³-hybridized carbons (Fsp3) is 0.417. The molecule has 0 fully saturated rings. The van der Waals surface area contributed by atoms with Crippen molar-refractivity contribution in [2.45, 2.75) is 6.92 Å². The summed E-state index contributed by atoms with van der Waals surface area (Å²) < 4.78 is 10.3. The lowest BCUT2D eigenvalue weighted by molar-refractivity contribution is -0.120. The maximum Gasteiger partial charge on any atom is 0.222 e. The number of carbonyl (C=O) groups excluding carboxylic acids is 1. The van der Waals surface area contributed by atoms with Crippen LogP contribution in [0.25, 0.3) is 0 Å². The zero-order chi connectivity index (χ0) is 12.8. The molecule has 1 unspecified atom stereocenters. The predicted molar refractivity (Wildman–Crippen MR) is 66.4 cm³/mol. The topological polar surface area (TPSA) is 73.6 Å². The summed E-state index contributed by atoms with van der Waals surface area (Å²) in [4.78, 5) is 10.9. The number of nitrogens with one attached hydrogen (secondary N) is 1. The summed E-state index contributed by atoms with van der Waals surface area (Å²) in [6, 6.07) is 5.42. The second-order valence-corrected chi connectivity index (χ2v) is 3.75. The van der Waals surface area contributed by atoms with Gasteiger partial charge in [0.1, 0.15) is 11.5 Å². The van der Waals surface area contributed by atoms with Crippen molar-refractivity contribution in [3.8, 4) is 11.5 Å². The van der Waals surface area contributed by atoms with Crippen LogP contribution >= 0.6 is 0 Å². The largest absolute Gasteiger partial charge is 0.497 e. The van der Waals surface area contributed by atoms with Crippen LogP contribution in [-0.2, 0) is 4.79 Å². The number of nitrogens with two attached hydrogens (primary N) is 1. The number of hydrogen-bond acceptors (Lipinski definition) is 4. The van der Waals surface area contributed by atoms with E-state index >= 15 is 0 Å². The van der Waals surface area contributed by atoms with Crippen molar-refractivity contribution in [1.82, 2.24) is 0 Å². The van der Waals surface area contributed by atoms with Crippen molar-refractivity contribution in [1.29, 1.82) is 0 Å². The fourth-order valence-corrected chi connectivity index (χ4v) is 1.32. The lowest BCUT2D eigenvalue weighted by Gasteiger charge is -2.14. The summed E-state index contributed by atoms with van der Waals surface area (Å²) in [6.45, 7) is 2.22. The van der Waals surface area contributed by atoms with Gasteiger partial charge in [0.15, 0.2) is 0 Å². The molecule has 17 heavy (non-hydrogen) atoms. The quantitative estimate of drug-likeness (QED) is 0.782. The van der Waals surface area contributed by atoms with Crippen LogP contribution in [0.5, 0.6) is 11.5 Å². The van der Waals surface area contributed by atoms with Gasteiger partial charge in [-0.15, -0.1) is 0 Å². The Morgan fingerprint density at radius 2 is 2.12 bits per heavy atom. The summed E-state index contributed by atoms with van der Waals surface area (Å²) in [6.07, 6.45) is 0. The van der Waals surface area contributed by atoms with Gasteiger partial charge in [0.25, 0.3) is 0 Å². The molecule has 1 amide bonds. The third-order valence-corrected chi connectivity index (χ3v) is 2.49. The molecule has 0 heterocycles. The Kier molecular flexibility index (Phi) is 4.63. The van der Waals surface area contributed by atoms with Gasteiger partial charge in [-0.1, -0.05) is 6.92 Å². The Hall–Kier alpha value is -1.91. The normalized spacial score (nSPS) is 11.7. The van der Waals surface area contributed by atoms with Crippen molar-refractivity contribution < 1.29 is 14.3 Å². The summed E-state index contributed by atoms with van der Waals surface area (Å²) in [5.74, 6) is 0.841. The summed E-state index contributed by atoms with van der Waals surface area (Å²) in [7, 11) is 3.18. The molecule has 3 N–H and O–H groups in total. The molecule has 5 heteroatoms. The number of primary amides is 1. The third-order valence-electron chi connectivity index (χ3n) is 2.49. The first-order valence-corrected chi connectivity index (χ1v) is 5.33. The number of carbonyl (C=O) groups is 1. The van der Waals surface area contributed by atoms with E-state index in [-0.39, 0.29) is 11.8 Å². The average molecular weight is 238 g/mol. The molecule has 1 aromatic carbocycles. The maximum atomic E-state index is 10.9. The highest BCUT2D eigenvalue weighted by Gasteiger charge is 2.10. The summed E-state index contributed by atoms with van der Waals surface area (Å²) in [5.41, 5.74) is 5.97. The zero-order valence-corrected chi connectivity index (χ0v) is 10.3. The van der Waals surface area contributed by atoms with Gasteiger partial charge in [-0.2, -0.15) is 0 Å². The molecule has 94 valence electrons. The first-order chi connectivity index (χ1) is 8.08. The molecule has 0 aromatic heterocycles. The number of rotatable bonds is 6. The molecule has 0 saturated carbocycles. The minimum absolute atomic E-state index is 0.245. The number of hydrogen-bond donors (Lipinski definition) is 2. The zero-order valence-electron chi connectivity index (χ0n) is 10.3. The van der Waals surface area contributed by atoms with Crippen LogP contribution in [0.2, 0.25) is 0 Å². The van der Waals surface area contributed by atoms with Crippen LogP contribution in [-0.4, -0.2) is 26.7 Å². The van der Waals surface area contributed by atoms with E-state index in [1.807, 2.05) is 12.1 Å². The summed E-state index contributed by atoms with van der Waals surface area (Å²) >= 11 is 0. The van der Waals surface area contributed by atoms with E-state index in [0.717, 1.165) is 11.4 Å². The monoisotopic (exact) mass is 238 g/mol. The molecule has 1 rings (SSSR count). The lowest BCUT2D eigenvalue weighted by atomic mass is 10.1. The van der Waals surface area contributed by atoms with Gasteiger partial charge in [0, 0.05) is 12.6 Å². The van der Waals surface area contributed by atoms with Crippen molar-refractivity contribution in [2.75, 3.05) is 26.1 Å². The highest BCUT2D eigenvalue weighted by molar-refractivity contribution is 5.77. The van der Waals surface area contributed by atoms with Gasteiger partial charge in [0.2, 0.25) is 5.91 Å². The standard InChI is InChI=1S/C12H18N2O3/c1-8(12(13)15)7-14-10-6-9(16-2)4-5-11(10)17-3/h4-6,8,14H,7H2,1-3H3,(H2,13,15). The van der Waals surface area contributed by atoms with Crippen molar-refractivity contribution in [2.24, 2.45) is 11.7 Å². The molecule has 0 aliphatic carbocycles. The van der Waals surface area contributed by atoms with Crippen LogP contribution in [0.3, 0.4) is 0 Å². The SMILES string of the molecule is COc1ccc(OC)c(NCC(C)C(N)=O)c1. The van der Waals surface area contributed by atoms with E-state index in [2.05, 4.69) is 5.32 Å². The van der Waals surface area contributed by atoms with E-state index in [1.54, 1.807) is 27.2 Å². The van der Waals surface area contributed by atoms with Gasteiger partial charge in [-0.25, -0.2) is 0 Å². The minimum atomic E-state index is -0.334. The number of anilines is 1. The minimum Gasteiger partial charge on any atom is -0.497 e. The third kappa shape index (κ3) is 3.55. The smallest absolute Gasteiger partial charge is 0.222 e. The van der Waals surface area contributed by atoms with Gasteiger partial charge >= 0.3 is 0 Å². The number of benzene rings is 1. The Labute approximate surface area is 101 Å². The molecule has 0 bridgehead atoms. The molecular formula is C12H18N2O3. The molecule has 0 aliphatic rings. The van der Waals surface area contributed by atoms with E-state index in [9.17, 15) is 4.79 Å². The molecule has 0 radical (unpaired) electrons. The van der Waals surface area contributed by atoms with E-state index in [4.69, 9.17) is 15.2 Å². The van der Waals surface area contributed by atoms with Gasteiger partial charge in [0.05, 0.1) is 25.8 Å². The van der Waals surface area contributed by atoms with Crippen LogP contribution in [0.1, 0.15) is 6.92 Å². The van der Waals surface area contributed by atoms with E-state index in [1.165, 1.54) is 0 Å². The number of ether oxygens (including phenoxy) is 2. The van der Waals surface area contributed by atoms with Crippen LogP contribution in [0.4, 0.5) is 5.69 Å². The first-order valence-electron chi connectivity index (χ1n) is 5.33.